The van der Waals surface area contributed by atoms with Crippen LogP contribution in [0.3, 0.4) is 0 Å². The average Bonchev–Trinajstić information content (AvgIpc) is 3.02. The van der Waals surface area contributed by atoms with Gasteiger partial charge in [-0.25, -0.2) is 15.9 Å². The van der Waals surface area contributed by atoms with E-state index >= 15 is 0 Å². The van der Waals surface area contributed by atoms with Gasteiger partial charge in [0.05, 0.1) is 22.6 Å². The highest BCUT2D eigenvalue weighted by Gasteiger charge is 2.23. The number of pyridine rings is 3. The van der Waals surface area contributed by atoms with Gasteiger partial charge in [-0.15, -0.1) is 5.10 Å². The summed E-state index contributed by atoms with van der Waals surface area (Å²) < 4.78 is 0. The fraction of sp³-hybridized carbons (Fsp3) is 0.188. The van der Waals surface area contributed by atoms with Crippen molar-refractivity contribution in [1.29, 1.82) is 0 Å². The van der Waals surface area contributed by atoms with Gasteiger partial charge in [-0.2, -0.15) is 0 Å². The fourth-order valence-electron chi connectivity index (χ4n) is 5.31. The van der Waals surface area contributed by atoms with Crippen molar-refractivity contribution in [2.75, 3.05) is 13.1 Å². The fourth-order valence-corrected chi connectivity index (χ4v) is 5.31. The number of hydrazone groups is 1. The first-order chi connectivity index (χ1) is 20.0. The van der Waals surface area contributed by atoms with Gasteiger partial charge in [0.15, 0.2) is 5.84 Å². The molecule has 41 heavy (non-hydrogen) atoms. The maximum atomic E-state index is 12.5. The Kier molecular flexibility index (Phi) is 7.53. The molecule has 5 N–H and O–H groups in total. The van der Waals surface area contributed by atoms with Crippen LogP contribution in [0.5, 0.6) is 0 Å². The van der Waals surface area contributed by atoms with Gasteiger partial charge in [0.1, 0.15) is 5.69 Å². The van der Waals surface area contributed by atoms with Crippen LogP contribution in [0.2, 0.25) is 0 Å². The number of aromatic nitrogens is 3. The largest absolute Gasteiger partial charge is 0.380 e. The Morgan fingerprint density at radius 1 is 0.976 bits per heavy atom. The molecule has 0 amide bonds. The van der Waals surface area contributed by atoms with Crippen molar-refractivity contribution in [3.8, 4) is 22.4 Å². The first-order valence-corrected chi connectivity index (χ1v) is 13.7. The SMILES string of the molecule is N/C(=N\N(N)C1CCN(Cc2ccc(-c3nc4cc[nH]c(=O)c4cc3-c3ccccc3)cc2)CC1)c1ccccn1. The number of hydrazine groups is 1. The van der Waals surface area contributed by atoms with Crippen LogP contribution in [0.25, 0.3) is 33.3 Å². The summed E-state index contributed by atoms with van der Waals surface area (Å²) in [6, 6.07) is 28.1. The van der Waals surface area contributed by atoms with E-state index in [9.17, 15) is 4.79 Å². The smallest absolute Gasteiger partial charge is 0.257 e. The molecular formula is C32H32N8O. The first-order valence-electron chi connectivity index (χ1n) is 13.7. The minimum Gasteiger partial charge on any atom is -0.380 e. The van der Waals surface area contributed by atoms with Crippen LogP contribution in [0, 0.1) is 0 Å². The zero-order valence-corrected chi connectivity index (χ0v) is 22.6. The molecule has 206 valence electrons. The number of nitrogens with one attached hydrogen (secondary N) is 1. The summed E-state index contributed by atoms with van der Waals surface area (Å²) in [5.74, 6) is 6.57. The lowest BCUT2D eigenvalue weighted by molar-refractivity contribution is 0.108. The number of rotatable bonds is 7. The van der Waals surface area contributed by atoms with E-state index in [0.29, 0.717) is 22.4 Å². The molecule has 1 saturated heterocycles. The average molecular weight is 545 g/mol. The van der Waals surface area contributed by atoms with Crippen LogP contribution in [0.1, 0.15) is 24.1 Å². The normalized spacial score (nSPS) is 14.8. The number of nitrogens with two attached hydrogens (primary N) is 2. The van der Waals surface area contributed by atoms with Crippen molar-refractivity contribution in [1.82, 2.24) is 25.0 Å². The minimum absolute atomic E-state index is 0.124. The number of amidine groups is 1. The zero-order chi connectivity index (χ0) is 28.2. The molecule has 0 spiro atoms. The number of likely N-dealkylation sites (tertiary alicyclic amines) is 1. The summed E-state index contributed by atoms with van der Waals surface area (Å²) in [5, 5.41) is 6.44. The van der Waals surface area contributed by atoms with Crippen molar-refractivity contribution in [2.45, 2.75) is 25.4 Å². The lowest BCUT2D eigenvalue weighted by Gasteiger charge is -2.35. The third-order valence-corrected chi connectivity index (χ3v) is 7.55. The predicted molar refractivity (Wildman–Crippen MR) is 163 cm³/mol. The van der Waals surface area contributed by atoms with E-state index < -0.39 is 0 Å². The van der Waals surface area contributed by atoms with E-state index in [-0.39, 0.29) is 11.6 Å². The first kappa shape index (κ1) is 26.4. The van der Waals surface area contributed by atoms with Gasteiger partial charge in [-0.1, -0.05) is 60.7 Å². The molecule has 5 aromatic rings. The molecule has 0 saturated carbocycles. The molecule has 0 bridgehead atoms. The Balaban J connectivity index is 1.15. The van der Waals surface area contributed by atoms with Gasteiger partial charge >= 0.3 is 0 Å². The monoisotopic (exact) mass is 544 g/mol. The molecule has 1 fully saturated rings. The number of aromatic amines is 1. The second-order valence-electron chi connectivity index (χ2n) is 10.3. The number of hydrogen-bond donors (Lipinski definition) is 3. The highest BCUT2D eigenvalue weighted by atomic mass is 16.1. The summed E-state index contributed by atoms with van der Waals surface area (Å²) in [7, 11) is 0. The van der Waals surface area contributed by atoms with E-state index in [4.69, 9.17) is 16.6 Å². The van der Waals surface area contributed by atoms with Crippen molar-refractivity contribution >= 4 is 16.7 Å². The Labute approximate surface area is 238 Å². The lowest BCUT2D eigenvalue weighted by Crippen LogP contribution is -2.46. The molecule has 0 unspecified atom stereocenters. The van der Waals surface area contributed by atoms with E-state index in [2.05, 4.69) is 44.2 Å². The lowest BCUT2D eigenvalue weighted by atomic mass is 9.97. The number of benzene rings is 2. The molecule has 0 aliphatic carbocycles. The Hall–Kier alpha value is -4.86. The molecular weight excluding hydrogens is 512 g/mol. The molecule has 0 radical (unpaired) electrons. The predicted octanol–water partition coefficient (Wildman–Crippen LogP) is 4.11. The van der Waals surface area contributed by atoms with Crippen LogP contribution in [0.4, 0.5) is 0 Å². The highest BCUT2D eigenvalue weighted by molar-refractivity contribution is 5.95. The second kappa shape index (κ2) is 11.7. The van der Waals surface area contributed by atoms with Crippen LogP contribution in [0.15, 0.2) is 107 Å². The van der Waals surface area contributed by atoms with Gasteiger partial charge in [0.25, 0.3) is 5.56 Å². The van der Waals surface area contributed by atoms with E-state index in [1.165, 1.54) is 10.7 Å². The maximum Gasteiger partial charge on any atom is 0.257 e. The molecule has 2 aromatic carbocycles. The standard InChI is InChI=1S/C32H32N8O/c33-31(29-8-4-5-16-35-29)38-40(34)25-14-18-39(19-15-25)21-22-9-11-24(12-10-22)30-26(23-6-2-1-3-7-23)20-27-28(37-30)13-17-36-32(27)41/h1-13,16-17,20,25H,14-15,18-19,21,34H2,(H2,33,38)(H,36,41). The summed E-state index contributed by atoms with van der Waals surface area (Å²) in [6.07, 6.45) is 5.12. The van der Waals surface area contributed by atoms with Gasteiger partial charge < -0.3 is 10.7 Å². The van der Waals surface area contributed by atoms with Crippen LogP contribution < -0.4 is 17.1 Å². The van der Waals surface area contributed by atoms with E-state index in [1.807, 2.05) is 60.7 Å². The number of hydrogen-bond acceptors (Lipinski definition) is 7. The maximum absolute atomic E-state index is 12.5. The quantitative estimate of drug-likeness (QED) is 0.122. The third kappa shape index (κ3) is 5.86. The zero-order valence-electron chi connectivity index (χ0n) is 22.6. The topological polar surface area (TPSA) is 130 Å². The van der Waals surface area contributed by atoms with E-state index in [1.54, 1.807) is 12.4 Å². The minimum atomic E-state index is -0.140. The Morgan fingerprint density at radius 2 is 1.73 bits per heavy atom. The molecule has 6 rings (SSSR count). The van der Waals surface area contributed by atoms with Gasteiger partial charge in [-0.05, 0) is 48.2 Å². The molecule has 1 aliphatic heterocycles. The number of H-pyrrole nitrogens is 1. The number of fused-ring (bicyclic) bond motifs is 1. The number of piperidine rings is 1. The molecule has 9 nitrogen and oxygen atoms in total. The molecule has 3 aromatic heterocycles. The van der Waals surface area contributed by atoms with E-state index in [0.717, 1.165) is 54.9 Å². The summed E-state index contributed by atoms with van der Waals surface area (Å²) in [6.45, 7) is 2.68. The van der Waals surface area contributed by atoms with Crippen LogP contribution in [-0.4, -0.2) is 49.9 Å². The second-order valence-corrected chi connectivity index (χ2v) is 10.3. The summed E-state index contributed by atoms with van der Waals surface area (Å²) in [5.41, 5.74) is 12.3. The van der Waals surface area contributed by atoms with Crippen molar-refractivity contribution in [3.63, 3.8) is 0 Å². The molecule has 0 atom stereocenters. The van der Waals surface area contributed by atoms with Gasteiger partial charge in [0.2, 0.25) is 0 Å². The highest BCUT2D eigenvalue weighted by Crippen LogP contribution is 2.33. The number of nitrogens with zero attached hydrogens (tertiary/aromatic N) is 5. The molecule has 4 heterocycles. The van der Waals surface area contributed by atoms with Gasteiger partial charge in [0, 0.05) is 43.2 Å². The van der Waals surface area contributed by atoms with Crippen molar-refractivity contribution < 1.29 is 0 Å². The summed E-state index contributed by atoms with van der Waals surface area (Å²) in [4.78, 5) is 26.8. The summed E-state index contributed by atoms with van der Waals surface area (Å²) >= 11 is 0. The van der Waals surface area contributed by atoms with Gasteiger partial charge in [-0.3, -0.25) is 14.7 Å². The van der Waals surface area contributed by atoms with Crippen molar-refractivity contribution in [2.24, 2.45) is 16.7 Å². The van der Waals surface area contributed by atoms with Crippen molar-refractivity contribution in [3.05, 3.63) is 119 Å². The van der Waals surface area contributed by atoms with Crippen LogP contribution >= 0.6 is 0 Å². The third-order valence-electron chi connectivity index (χ3n) is 7.55. The Bertz CT molecular complexity index is 1710. The Morgan fingerprint density at radius 3 is 2.46 bits per heavy atom. The molecule has 9 heteroatoms. The molecule has 1 aliphatic rings. The van der Waals surface area contributed by atoms with Crippen LogP contribution in [-0.2, 0) is 6.54 Å².